The molecule has 0 saturated carbocycles. The summed E-state index contributed by atoms with van der Waals surface area (Å²) < 4.78 is 1.04. The van der Waals surface area contributed by atoms with Crippen LogP contribution in [-0.4, -0.2) is 15.0 Å². The maximum atomic E-state index is 5.97. The number of fused-ring (bicyclic) bond motifs is 1. The van der Waals surface area contributed by atoms with Crippen molar-refractivity contribution in [2.24, 2.45) is 0 Å². The Morgan fingerprint density at radius 2 is 2.05 bits per heavy atom. The molecule has 0 aliphatic heterocycles. The molecule has 0 aliphatic rings. The van der Waals surface area contributed by atoms with Crippen molar-refractivity contribution < 1.29 is 0 Å². The zero-order chi connectivity index (χ0) is 13.2. The molecule has 3 aromatic heterocycles. The van der Waals surface area contributed by atoms with Gasteiger partial charge in [-0.2, -0.15) is 4.98 Å². The summed E-state index contributed by atoms with van der Waals surface area (Å²) in [4.78, 5) is 12.5. The summed E-state index contributed by atoms with van der Waals surface area (Å²) in [7, 11) is 0. The minimum Gasteiger partial charge on any atom is -0.365 e. The van der Waals surface area contributed by atoms with E-state index >= 15 is 0 Å². The van der Waals surface area contributed by atoms with Gasteiger partial charge in [0.2, 0.25) is 5.28 Å². The lowest BCUT2D eigenvalue weighted by Gasteiger charge is -2.07. The Morgan fingerprint density at radius 1 is 1.26 bits per heavy atom. The number of aromatic nitrogens is 3. The summed E-state index contributed by atoms with van der Waals surface area (Å²) in [5.41, 5.74) is 3.18. The minimum absolute atomic E-state index is 0.270. The van der Waals surface area contributed by atoms with Crippen LogP contribution in [0.5, 0.6) is 0 Å². The van der Waals surface area contributed by atoms with Gasteiger partial charge in [0.1, 0.15) is 5.82 Å². The van der Waals surface area contributed by atoms with Crippen LogP contribution in [0.25, 0.3) is 10.2 Å². The summed E-state index contributed by atoms with van der Waals surface area (Å²) in [5.74, 6) is 0.782. The van der Waals surface area contributed by atoms with E-state index in [0.29, 0.717) is 6.54 Å². The smallest absolute Gasteiger partial charge is 0.224 e. The van der Waals surface area contributed by atoms with Crippen LogP contribution >= 0.6 is 22.9 Å². The third-order valence-corrected chi connectivity index (χ3v) is 4.04. The van der Waals surface area contributed by atoms with Crippen LogP contribution < -0.4 is 5.32 Å². The van der Waals surface area contributed by atoms with Crippen LogP contribution in [0.4, 0.5) is 5.82 Å². The van der Waals surface area contributed by atoms with E-state index in [-0.39, 0.29) is 5.28 Å². The number of anilines is 1. The van der Waals surface area contributed by atoms with Gasteiger partial charge < -0.3 is 5.32 Å². The van der Waals surface area contributed by atoms with E-state index in [1.54, 1.807) is 23.7 Å². The fourth-order valence-electron chi connectivity index (χ4n) is 1.81. The van der Waals surface area contributed by atoms with E-state index in [1.165, 1.54) is 0 Å². The zero-order valence-electron chi connectivity index (χ0n) is 10.2. The molecular weight excluding hydrogens is 280 g/mol. The topological polar surface area (TPSA) is 50.7 Å². The van der Waals surface area contributed by atoms with Gasteiger partial charge in [0.25, 0.3) is 0 Å². The fourth-order valence-corrected chi connectivity index (χ4v) is 2.93. The van der Waals surface area contributed by atoms with Crippen LogP contribution in [0.3, 0.4) is 0 Å². The first kappa shape index (κ1) is 12.3. The second kappa shape index (κ2) is 5.11. The average Bonchev–Trinajstić information content (AvgIpc) is 2.79. The van der Waals surface area contributed by atoms with Crippen LogP contribution in [0.15, 0.2) is 29.9 Å². The minimum atomic E-state index is 0.270. The molecule has 3 aromatic rings. The first-order valence-electron chi connectivity index (χ1n) is 5.78. The van der Waals surface area contributed by atoms with Crippen LogP contribution in [0, 0.1) is 6.92 Å². The van der Waals surface area contributed by atoms with E-state index in [0.717, 1.165) is 27.2 Å². The number of halogens is 1. The van der Waals surface area contributed by atoms with Crippen molar-refractivity contribution in [2.75, 3.05) is 5.32 Å². The molecule has 0 spiro atoms. The van der Waals surface area contributed by atoms with Gasteiger partial charge in [-0.05, 0) is 47.2 Å². The Kier molecular flexibility index (Phi) is 3.31. The van der Waals surface area contributed by atoms with Crippen LogP contribution in [-0.2, 0) is 6.54 Å². The lowest BCUT2D eigenvalue weighted by Crippen LogP contribution is -2.02. The predicted molar refractivity (Wildman–Crippen MR) is 78.7 cm³/mol. The summed E-state index contributed by atoms with van der Waals surface area (Å²) >= 11 is 7.59. The van der Waals surface area contributed by atoms with Gasteiger partial charge in [-0.1, -0.05) is 0 Å². The molecule has 0 amide bonds. The third kappa shape index (κ3) is 2.52. The Morgan fingerprint density at radius 3 is 2.84 bits per heavy atom. The highest BCUT2D eigenvalue weighted by Gasteiger charge is 2.10. The van der Waals surface area contributed by atoms with Gasteiger partial charge in [-0.15, -0.1) is 11.3 Å². The molecule has 0 bridgehead atoms. The number of nitrogens with zero attached hydrogens (tertiary/aromatic N) is 3. The van der Waals surface area contributed by atoms with E-state index in [9.17, 15) is 0 Å². The molecule has 3 heterocycles. The molecule has 19 heavy (non-hydrogen) atoms. The summed E-state index contributed by atoms with van der Waals surface area (Å²) in [5, 5.41) is 5.64. The van der Waals surface area contributed by atoms with Crippen molar-refractivity contribution in [1.82, 2.24) is 15.0 Å². The standard InChI is InChI=1S/C13H11ClN4S/c1-8-7-19-11-10(8)17-13(14)18-12(11)16-6-9-2-4-15-5-3-9/h2-5,7H,6H2,1H3,(H,16,17,18). The van der Waals surface area contributed by atoms with E-state index in [1.807, 2.05) is 19.1 Å². The summed E-state index contributed by atoms with van der Waals surface area (Å²) in [6.07, 6.45) is 3.55. The maximum absolute atomic E-state index is 5.97. The number of hydrogen-bond donors (Lipinski definition) is 1. The molecule has 0 unspecified atom stereocenters. The average molecular weight is 291 g/mol. The molecule has 4 nitrogen and oxygen atoms in total. The van der Waals surface area contributed by atoms with E-state index in [2.05, 4.69) is 25.6 Å². The normalized spacial score (nSPS) is 10.8. The first-order chi connectivity index (χ1) is 9.24. The van der Waals surface area contributed by atoms with Gasteiger partial charge in [-0.25, -0.2) is 4.98 Å². The quantitative estimate of drug-likeness (QED) is 0.748. The molecule has 0 atom stereocenters. The highest BCUT2D eigenvalue weighted by molar-refractivity contribution is 7.18. The monoisotopic (exact) mass is 290 g/mol. The molecule has 0 fully saturated rings. The van der Waals surface area contributed by atoms with Crippen molar-refractivity contribution in [3.05, 3.63) is 46.3 Å². The highest BCUT2D eigenvalue weighted by atomic mass is 35.5. The predicted octanol–water partition coefficient (Wildman–Crippen LogP) is 3.66. The number of pyridine rings is 1. The number of hydrogen-bond acceptors (Lipinski definition) is 5. The Bertz CT molecular complexity index is 711. The Hall–Kier alpha value is -1.72. The van der Waals surface area contributed by atoms with E-state index in [4.69, 9.17) is 11.6 Å². The number of aryl methyl sites for hydroxylation is 1. The number of nitrogens with one attached hydrogen (secondary N) is 1. The summed E-state index contributed by atoms with van der Waals surface area (Å²) in [6, 6.07) is 3.93. The molecule has 96 valence electrons. The molecular formula is C13H11ClN4S. The second-order valence-electron chi connectivity index (χ2n) is 4.15. The largest absolute Gasteiger partial charge is 0.365 e. The SMILES string of the molecule is Cc1csc2c(NCc3ccncc3)nc(Cl)nc12. The molecule has 0 aromatic carbocycles. The zero-order valence-corrected chi connectivity index (χ0v) is 11.8. The molecule has 1 N–H and O–H groups in total. The van der Waals surface area contributed by atoms with Gasteiger partial charge >= 0.3 is 0 Å². The molecule has 0 radical (unpaired) electrons. The Balaban J connectivity index is 1.92. The van der Waals surface area contributed by atoms with Crippen molar-refractivity contribution in [3.63, 3.8) is 0 Å². The number of thiophene rings is 1. The maximum Gasteiger partial charge on any atom is 0.224 e. The van der Waals surface area contributed by atoms with Crippen LogP contribution in [0.1, 0.15) is 11.1 Å². The fraction of sp³-hybridized carbons (Fsp3) is 0.154. The molecule has 0 aliphatic carbocycles. The number of rotatable bonds is 3. The van der Waals surface area contributed by atoms with Gasteiger partial charge in [0.05, 0.1) is 10.2 Å². The molecule has 0 saturated heterocycles. The summed E-state index contributed by atoms with van der Waals surface area (Å²) in [6.45, 7) is 2.71. The van der Waals surface area contributed by atoms with Gasteiger partial charge in [0, 0.05) is 18.9 Å². The van der Waals surface area contributed by atoms with E-state index < -0.39 is 0 Å². The second-order valence-corrected chi connectivity index (χ2v) is 5.36. The van der Waals surface area contributed by atoms with Crippen molar-refractivity contribution in [3.8, 4) is 0 Å². The van der Waals surface area contributed by atoms with Crippen LogP contribution in [0.2, 0.25) is 5.28 Å². The third-order valence-electron chi connectivity index (χ3n) is 2.77. The van der Waals surface area contributed by atoms with Gasteiger partial charge in [0.15, 0.2) is 0 Å². The van der Waals surface area contributed by atoms with Crippen molar-refractivity contribution in [1.29, 1.82) is 0 Å². The highest BCUT2D eigenvalue weighted by Crippen LogP contribution is 2.30. The molecule has 6 heteroatoms. The lowest BCUT2D eigenvalue weighted by atomic mass is 10.2. The lowest BCUT2D eigenvalue weighted by molar-refractivity contribution is 1.09. The molecule has 3 rings (SSSR count). The van der Waals surface area contributed by atoms with Gasteiger partial charge in [-0.3, -0.25) is 4.98 Å². The van der Waals surface area contributed by atoms with Crippen molar-refractivity contribution in [2.45, 2.75) is 13.5 Å². The first-order valence-corrected chi connectivity index (χ1v) is 7.04. The van der Waals surface area contributed by atoms with Crippen molar-refractivity contribution >= 4 is 39.0 Å². The Labute approximate surface area is 119 Å².